The van der Waals surface area contributed by atoms with E-state index in [9.17, 15) is 4.79 Å². The number of nitrogens with zero attached hydrogens (tertiary/aromatic N) is 1. The Balaban J connectivity index is 2.11. The predicted molar refractivity (Wildman–Crippen MR) is 68.6 cm³/mol. The summed E-state index contributed by atoms with van der Waals surface area (Å²) in [5, 5.41) is 8.96. The zero-order valence-corrected chi connectivity index (χ0v) is 10.4. The van der Waals surface area contributed by atoms with Gasteiger partial charge in [0.1, 0.15) is 0 Å². The largest absolute Gasteiger partial charge is 0.478 e. The highest BCUT2D eigenvalue weighted by Crippen LogP contribution is 2.39. The van der Waals surface area contributed by atoms with Crippen LogP contribution in [-0.4, -0.2) is 24.2 Å². The SMILES string of the molecule is CCC1(CC)CN(c2cccc(C(=O)O)c2)C1. The summed E-state index contributed by atoms with van der Waals surface area (Å²) in [6.45, 7) is 6.55. The van der Waals surface area contributed by atoms with Gasteiger partial charge in [0, 0.05) is 24.2 Å². The average Bonchev–Trinajstić information content (AvgIpc) is 2.29. The first kappa shape index (κ1) is 12.0. The molecule has 0 aromatic heterocycles. The first-order chi connectivity index (χ1) is 8.10. The zero-order chi connectivity index (χ0) is 12.5. The predicted octanol–water partition coefficient (Wildman–Crippen LogP) is 3.01. The second kappa shape index (κ2) is 4.40. The van der Waals surface area contributed by atoms with Crippen LogP contribution in [0.2, 0.25) is 0 Å². The first-order valence-electron chi connectivity index (χ1n) is 6.18. The summed E-state index contributed by atoms with van der Waals surface area (Å²) in [6.07, 6.45) is 2.39. The lowest BCUT2D eigenvalue weighted by molar-refractivity contribution is 0.0697. The molecule has 1 heterocycles. The van der Waals surface area contributed by atoms with E-state index in [2.05, 4.69) is 18.7 Å². The number of hydrogen-bond donors (Lipinski definition) is 1. The van der Waals surface area contributed by atoms with Crippen LogP contribution in [0.25, 0.3) is 0 Å². The number of anilines is 1. The molecule has 1 aromatic carbocycles. The van der Waals surface area contributed by atoms with Crippen molar-refractivity contribution < 1.29 is 9.90 Å². The van der Waals surface area contributed by atoms with Gasteiger partial charge in [0.2, 0.25) is 0 Å². The molecule has 0 amide bonds. The monoisotopic (exact) mass is 233 g/mol. The van der Waals surface area contributed by atoms with Crippen LogP contribution in [0.3, 0.4) is 0 Å². The molecule has 1 N–H and O–H groups in total. The van der Waals surface area contributed by atoms with Crippen LogP contribution >= 0.6 is 0 Å². The fourth-order valence-corrected chi connectivity index (χ4v) is 2.48. The molecule has 3 nitrogen and oxygen atoms in total. The third kappa shape index (κ3) is 2.14. The molecule has 1 saturated heterocycles. The van der Waals surface area contributed by atoms with Crippen molar-refractivity contribution in [3.63, 3.8) is 0 Å². The van der Waals surface area contributed by atoms with E-state index in [-0.39, 0.29) is 0 Å². The van der Waals surface area contributed by atoms with Crippen LogP contribution in [-0.2, 0) is 0 Å². The molecule has 17 heavy (non-hydrogen) atoms. The summed E-state index contributed by atoms with van der Waals surface area (Å²) in [7, 11) is 0. The number of carbonyl (C=O) groups is 1. The molecular formula is C14H19NO2. The topological polar surface area (TPSA) is 40.5 Å². The van der Waals surface area contributed by atoms with Crippen LogP contribution in [0, 0.1) is 5.41 Å². The summed E-state index contributed by atoms with van der Waals surface area (Å²) in [5.74, 6) is -0.857. The molecule has 0 unspecified atom stereocenters. The highest BCUT2D eigenvalue weighted by molar-refractivity contribution is 5.88. The van der Waals surface area contributed by atoms with Gasteiger partial charge in [-0.05, 0) is 31.0 Å². The van der Waals surface area contributed by atoms with Gasteiger partial charge in [-0.25, -0.2) is 4.79 Å². The van der Waals surface area contributed by atoms with Gasteiger partial charge >= 0.3 is 5.97 Å². The van der Waals surface area contributed by atoms with Gasteiger partial charge in [-0.1, -0.05) is 19.9 Å². The summed E-state index contributed by atoms with van der Waals surface area (Å²) in [4.78, 5) is 13.2. The van der Waals surface area contributed by atoms with Gasteiger partial charge in [0.05, 0.1) is 5.56 Å². The van der Waals surface area contributed by atoms with Crippen LogP contribution < -0.4 is 4.90 Å². The van der Waals surface area contributed by atoms with Gasteiger partial charge in [-0.3, -0.25) is 0 Å². The maximum atomic E-state index is 10.9. The Kier molecular flexibility index (Phi) is 3.09. The van der Waals surface area contributed by atoms with Crippen LogP contribution in [0.1, 0.15) is 37.0 Å². The van der Waals surface area contributed by atoms with Crippen molar-refractivity contribution >= 4 is 11.7 Å². The van der Waals surface area contributed by atoms with Crippen molar-refractivity contribution in [3.8, 4) is 0 Å². The van der Waals surface area contributed by atoms with Gasteiger partial charge in [-0.15, -0.1) is 0 Å². The second-order valence-corrected chi connectivity index (χ2v) is 4.92. The lowest BCUT2D eigenvalue weighted by Crippen LogP contribution is -2.55. The van der Waals surface area contributed by atoms with Crippen molar-refractivity contribution in [1.82, 2.24) is 0 Å². The van der Waals surface area contributed by atoms with Crippen molar-refractivity contribution in [2.24, 2.45) is 5.41 Å². The Bertz CT molecular complexity index is 416. The van der Waals surface area contributed by atoms with E-state index in [0.29, 0.717) is 11.0 Å². The minimum absolute atomic E-state index is 0.369. The number of aromatic carboxylic acids is 1. The molecule has 0 atom stereocenters. The Labute approximate surface area is 102 Å². The molecule has 92 valence electrons. The number of benzene rings is 1. The maximum absolute atomic E-state index is 10.9. The fourth-order valence-electron chi connectivity index (χ4n) is 2.48. The van der Waals surface area contributed by atoms with E-state index in [1.807, 2.05) is 12.1 Å². The second-order valence-electron chi connectivity index (χ2n) is 4.92. The Morgan fingerprint density at radius 2 is 2.00 bits per heavy atom. The lowest BCUT2D eigenvalue weighted by Gasteiger charge is -2.51. The minimum atomic E-state index is -0.857. The Morgan fingerprint density at radius 3 is 2.53 bits per heavy atom. The van der Waals surface area contributed by atoms with E-state index in [1.54, 1.807) is 12.1 Å². The number of carboxylic acids is 1. The standard InChI is InChI=1S/C14H19NO2/c1-3-14(4-2)9-15(10-14)12-7-5-6-11(8-12)13(16)17/h5-8H,3-4,9-10H2,1-2H3,(H,16,17). The highest BCUT2D eigenvalue weighted by Gasteiger charge is 2.39. The molecule has 3 heteroatoms. The molecule has 0 spiro atoms. The smallest absolute Gasteiger partial charge is 0.335 e. The highest BCUT2D eigenvalue weighted by atomic mass is 16.4. The number of hydrogen-bond acceptors (Lipinski definition) is 2. The van der Waals surface area contributed by atoms with Crippen LogP contribution in [0.15, 0.2) is 24.3 Å². The molecule has 0 saturated carbocycles. The van der Waals surface area contributed by atoms with Gasteiger partial charge in [0.25, 0.3) is 0 Å². The summed E-state index contributed by atoms with van der Waals surface area (Å²) in [6, 6.07) is 7.20. The molecule has 0 aliphatic carbocycles. The molecule has 1 fully saturated rings. The summed E-state index contributed by atoms with van der Waals surface area (Å²) in [5.41, 5.74) is 1.84. The normalized spacial score (nSPS) is 17.6. The molecule has 2 rings (SSSR count). The van der Waals surface area contributed by atoms with Crippen molar-refractivity contribution in [2.45, 2.75) is 26.7 Å². The Morgan fingerprint density at radius 1 is 1.35 bits per heavy atom. The van der Waals surface area contributed by atoms with Crippen molar-refractivity contribution in [1.29, 1.82) is 0 Å². The third-order valence-corrected chi connectivity index (χ3v) is 4.01. The lowest BCUT2D eigenvalue weighted by atomic mass is 9.75. The van der Waals surface area contributed by atoms with Gasteiger partial charge in [-0.2, -0.15) is 0 Å². The fraction of sp³-hybridized carbons (Fsp3) is 0.500. The van der Waals surface area contributed by atoms with E-state index in [1.165, 1.54) is 12.8 Å². The molecular weight excluding hydrogens is 214 g/mol. The molecule has 1 aromatic rings. The van der Waals surface area contributed by atoms with Gasteiger partial charge < -0.3 is 10.0 Å². The minimum Gasteiger partial charge on any atom is -0.478 e. The number of rotatable bonds is 4. The van der Waals surface area contributed by atoms with E-state index in [4.69, 9.17) is 5.11 Å². The zero-order valence-electron chi connectivity index (χ0n) is 10.4. The van der Waals surface area contributed by atoms with E-state index >= 15 is 0 Å². The summed E-state index contributed by atoms with van der Waals surface area (Å²) < 4.78 is 0. The molecule has 1 aliphatic rings. The van der Waals surface area contributed by atoms with Crippen molar-refractivity contribution in [3.05, 3.63) is 29.8 Å². The Hall–Kier alpha value is -1.51. The summed E-state index contributed by atoms with van der Waals surface area (Å²) >= 11 is 0. The molecule has 1 aliphatic heterocycles. The average molecular weight is 233 g/mol. The van der Waals surface area contributed by atoms with Crippen molar-refractivity contribution in [2.75, 3.05) is 18.0 Å². The van der Waals surface area contributed by atoms with E-state index in [0.717, 1.165) is 18.8 Å². The molecule has 0 radical (unpaired) electrons. The third-order valence-electron chi connectivity index (χ3n) is 4.01. The van der Waals surface area contributed by atoms with E-state index < -0.39 is 5.97 Å². The molecule has 0 bridgehead atoms. The van der Waals surface area contributed by atoms with Crippen LogP contribution in [0.4, 0.5) is 5.69 Å². The quantitative estimate of drug-likeness (QED) is 0.869. The van der Waals surface area contributed by atoms with Crippen LogP contribution in [0.5, 0.6) is 0 Å². The maximum Gasteiger partial charge on any atom is 0.335 e. The number of carboxylic acid groups (broad SMARTS) is 1. The first-order valence-corrected chi connectivity index (χ1v) is 6.18. The van der Waals surface area contributed by atoms with Gasteiger partial charge in [0.15, 0.2) is 0 Å².